The van der Waals surface area contributed by atoms with Crippen molar-refractivity contribution in [2.75, 3.05) is 52.5 Å². The van der Waals surface area contributed by atoms with Crippen LogP contribution in [0.5, 0.6) is 11.5 Å². The Balaban J connectivity index is 1.52. The van der Waals surface area contributed by atoms with Crippen molar-refractivity contribution in [3.05, 3.63) is 47.5 Å². The summed E-state index contributed by atoms with van der Waals surface area (Å²) in [6.07, 6.45) is 8.00. The van der Waals surface area contributed by atoms with Gasteiger partial charge >= 0.3 is 0 Å². The highest BCUT2D eigenvalue weighted by Gasteiger charge is 2.20. The van der Waals surface area contributed by atoms with Crippen molar-refractivity contribution >= 4 is 0 Å². The maximum Gasteiger partial charge on any atom is 0.119 e. The molecule has 0 aliphatic heterocycles. The van der Waals surface area contributed by atoms with Crippen LogP contribution in [0.15, 0.2) is 36.4 Å². The van der Waals surface area contributed by atoms with E-state index in [-0.39, 0.29) is 0 Å². The predicted molar refractivity (Wildman–Crippen MR) is 149 cm³/mol. The quantitative estimate of drug-likeness (QED) is 0.182. The molecule has 0 unspecified atom stereocenters. The third-order valence-electron chi connectivity index (χ3n) is 6.77. The van der Waals surface area contributed by atoms with Crippen LogP contribution in [-0.4, -0.2) is 62.3 Å². The van der Waals surface area contributed by atoms with Crippen LogP contribution < -0.4 is 9.47 Å². The van der Waals surface area contributed by atoms with Crippen LogP contribution in [0.1, 0.15) is 77.3 Å². The molecule has 0 spiro atoms. The molecule has 0 saturated heterocycles. The van der Waals surface area contributed by atoms with Crippen molar-refractivity contribution in [3.63, 3.8) is 0 Å². The van der Waals surface area contributed by atoms with Gasteiger partial charge in [-0.3, -0.25) is 0 Å². The van der Waals surface area contributed by atoms with E-state index < -0.39 is 0 Å². The third kappa shape index (κ3) is 8.54. The standard InChI is InChI=1S/C31H48N2O2/c1-5-15-32(16-6-2)19-9-21-34-28-13-11-26-23-27-12-14-29(25-31(27)30(26)24-28)35-22-10-20-33(17-7-3)18-8-4/h11-14,24-25H,5-10,15-23H2,1-4H3. The van der Waals surface area contributed by atoms with E-state index in [2.05, 4.69) is 73.9 Å². The fourth-order valence-electron chi connectivity index (χ4n) is 5.20. The van der Waals surface area contributed by atoms with E-state index >= 15 is 0 Å². The van der Waals surface area contributed by atoms with Crippen LogP contribution in [0.25, 0.3) is 11.1 Å². The van der Waals surface area contributed by atoms with Gasteiger partial charge in [0.05, 0.1) is 13.2 Å². The number of hydrogen-bond acceptors (Lipinski definition) is 4. The van der Waals surface area contributed by atoms with Gasteiger partial charge in [-0.15, -0.1) is 0 Å². The summed E-state index contributed by atoms with van der Waals surface area (Å²) in [5.74, 6) is 1.96. The Bertz CT molecular complexity index is 799. The van der Waals surface area contributed by atoms with Crippen molar-refractivity contribution in [1.29, 1.82) is 0 Å². The zero-order valence-electron chi connectivity index (χ0n) is 22.8. The minimum Gasteiger partial charge on any atom is -0.494 e. The summed E-state index contributed by atoms with van der Waals surface area (Å²) in [7, 11) is 0. The second kappa shape index (κ2) is 15.2. The summed E-state index contributed by atoms with van der Waals surface area (Å²) < 4.78 is 12.3. The molecular weight excluding hydrogens is 432 g/mol. The van der Waals surface area contributed by atoms with Gasteiger partial charge in [-0.05, 0) is 118 Å². The van der Waals surface area contributed by atoms with Crippen LogP contribution in [0, 0.1) is 0 Å². The molecule has 0 N–H and O–H groups in total. The Morgan fingerprint density at radius 3 is 1.34 bits per heavy atom. The van der Waals surface area contributed by atoms with Gasteiger partial charge in [0.2, 0.25) is 0 Å². The first-order chi connectivity index (χ1) is 17.2. The maximum absolute atomic E-state index is 6.16. The fourth-order valence-corrected chi connectivity index (χ4v) is 5.20. The molecule has 0 atom stereocenters. The summed E-state index contributed by atoms with van der Waals surface area (Å²) in [5, 5.41) is 0. The summed E-state index contributed by atoms with van der Waals surface area (Å²) in [5.41, 5.74) is 5.38. The van der Waals surface area contributed by atoms with Gasteiger partial charge in [0, 0.05) is 13.1 Å². The van der Waals surface area contributed by atoms with Crippen molar-refractivity contribution < 1.29 is 9.47 Å². The molecule has 0 saturated carbocycles. The Labute approximate surface area is 214 Å². The SMILES string of the molecule is CCCN(CCC)CCCOc1ccc2c(c1)-c1cc(OCCCN(CCC)CCC)ccc1C2. The molecule has 0 bridgehead atoms. The van der Waals surface area contributed by atoms with E-state index in [1.165, 1.54) is 74.1 Å². The Morgan fingerprint density at radius 1 is 0.571 bits per heavy atom. The van der Waals surface area contributed by atoms with Crippen LogP contribution in [-0.2, 0) is 6.42 Å². The highest BCUT2D eigenvalue weighted by atomic mass is 16.5. The maximum atomic E-state index is 6.16. The lowest BCUT2D eigenvalue weighted by atomic mass is 10.1. The first kappa shape index (κ1) is 27.5. The molecule has 4 nitrogen and oxygen atoms in total. The van der Waals surface area contributed by atoms with Crippen LogP contribution in [0.3, 0.4) is 0 Å². The number of fused-ring (bicyclic) bond motifs is 3. The average molecular weight is 481 g/mol. The zero-order valence-corrected chi connectivity index (χ0v) is 22.8. The first-order valence-corrected chi connectivity index (χ1v) is 14.1. The van der Waals surface area contributed by atoms with Gasteiger partial charge in [0.15, 0.2) is 0 Å². The monoisotopic (exact) mass is 480 g/mol. The largest absolute Gasteiger partial charge is 0.494 e. The number of benzene rings is 2. The predicted octanol–water partition coefficient (Wildman–Crippen LogP) is 7.04. The summed E-state index contributed by atoms with van der Waals surface area (Å²) >= 11 is 0. The molecule has 2 aromatic rings. The zero-order chi connectivity index (χ0) is 24.9. The van der Waals surface area contributed by atoms with Crippen molar-refractivity contribution in [2.24, 2.45) is 0 Å². The Morgan fingerprint density at radius 2 is 0.971 bits per heavy atom. The lowest BCUT2D eigenvalue weighted by molar-refractivity contribution is 0.234. The van der Waals surface area contributed by atoms with Crippen LogP contribution >= 0.6 is 0 Å². The molecule has 0 aromatic heterocycles. The van der Waals surface area contributed by atoms with Crippen molar-refractivity contribution in [3.8, 4) is 22.6 Å². The Kier molecular flexibility index (Phi) is 11.9. The number of hydrogen-bond donors (Lipinski definition) is 0. The minimum absolute atomic E-state index is 0.770. The molecule has 35 heavy (non-hydrogen) atoms. The average Bonchev–Trinajstić information content (AvgIpc) is 3.22. The lowest BCUT2D eigenvalue weighted by Gasteiger charge is -2.20. The van der Waals surface area contributed by atoms with Gasteiger partial charge in [-0.2, -0.15) is 0 Å². The summed E-state index contributed by atoms with van der Waals surface area (Å²) in [6, 6.07) is 13.2. The second-order valence-corrected chi connectivity index (χ2v) is 9.90. The van der Waals surface area contributed by atoms with Gasteiger partial charge in [0.1, 0.15) is 11.5 Å². The fraction of sp³-hybridized carbons (Fsp3) is 0.613. The van der Waals surface area contributed by atoms with E-state index in [0.717, 1.165) is 57.1 Å². The molecule has 1 aliphatic rings. The van der Waals surface area contributed by atoms with E-state index in [1.54, 1.807) is 0 Å². The van der Waals surface area contributed by atoms with E-state index in [0.29, 0.717) is 0 Å². The molecule has 0 radical (unpaired) electrons. The van der Waals surface area contributed by atoms with E-state index in [9.17, 15) is 0 Å². The highest BCUT2D eigenvalue weighted by molar-refractivity contribution is 5.78. The Hall–Kier alpha value is -2.04. The molecule has 3 rings (SSSR count). The smallest absolute Gasteiger partial charge is 0.119 e. The van der Waals surface area contributed by atoms with Crippen molar-refractivity contribution in [1.82, 2.24) is 9.80 Å². The number of ether oxygens (including phenoxy) is 2. The molecule has 194 valence electrons. The third-order valence-corrected chi connectivity index (χ3v) is 6.77. The topological polar surface area (TPSA) is 24.9 Å². The second-order valence-electron chi connectivity index (χ2n) is 9.90. The van der Waals surface area contributed by atoms with E-state index in [1.807, 2.05) is 0 Å². The highest BCUT2D eigenvalue weighted by Crippen LogP contribution is 2.40. The van der Waals surface area contributed by atoms with Crippen molar-refractivity contribution in [2.45, 2.75) is 72.6 Å². The molecule has 4 heteroatoms. The number of nitrogens with zero attached hydrogens (tertiary/aromatic N) is 2. The van der Waals surface area contributed by atoms with E-state index in [4.69, 9.17) is 9.47 Å². The summed E-state index contributed by atoms with van der Waals surface area (Å²) in [4.78, 5) is 5.10. The van der Waals surface area contributed by atoms with Gasteiger partial charge in [-0.25, -0.2) is 0 Å². The van der Waals surface area contributed by atoms with Crippen LogP contribution in [0.4, 0.5) is 0 Å². The molecular formula is C31H48N2O2. The molecule has 2 aromatic carbocycles. The first-order valence-electron chi connectivity index (χ1n) is 14.1. The molecule has 0 amide bonds. The van der Waals surface area contributed by atoms with Gasteiger partial charge < -0.3 is 19.3 Å². The summed E-state index contributed by atoms with van der Waals surface area (Å²) in [6.45, 7) is 17.5. The van der Waals surface area contributed by atoms with Gasteiger partial charge in [-0.1, -0.05) is 39.8 Å². The molecule has 1 aliphatic carbocycles. The van der Waals surface area contributed by atoms with Crippen LogP contribution in [0.2, 0.25) is 0 Å². The number of rotatable bonds is 18. The molecule has 0 fully saturated rings. The normalized spacial score (nSPS) is 12.3. The molecule has 0 heterocycles. The van der Waals surface area contributed by atoms with Gasteiger partial charge in [0.25, 0.3) is 0 Å². The lowest BCUT2D eigenvalue weighted by Crippen LogP contribution is -2.27. The minimum atomic E-state index is 0.770.